The molecule has 2 N–H and O–H groups in total. The van der Waals surface area contributed by atoms with Gasteiger partial charge in [0.25, 0.3) is 0 Å². The molecule has 0 aliphatic carbocycles. The monoisotopic (exact) mass is 302 g/mol. The van der Waals surface area contributed by atoms with Gasteiger partial charge in [-0.05, 0) is 40.8 Å². The zero-order chi connectivity index (χ0) is 10.3. The number of hydrogen-bond acceptors (Lipinski definition) is 3. The number of fused-ring (bicyclic) bond motifs is 1. The highest BCUT2D eigenvalue weighted by Crippen LogP contribution is 2.19. The lowest BCUT2D eigenvalue weighted by molar-refractivity contribution is 0.765. The molecule has 1 aromatic heterocycles. The summed E-state index contributed by atoms with van der Waals surface area (Å²) in [6, 6.07) is 6.09. The minimum absolute atomic E-state index is 0.520. The predicted octanol–water partition coefficient (Wildman–Crippen LogP) is 1.42. The number of nitrogen functional groups attached to an aromatic ring is 1. The third kappa shape index (κ3) is 1.41. The molecule has 0 saturated carbocycles. The van der Waals surface area contributed by atoms with E-state index in [9.17, 15) is 0 Å². The van der Waals surface area contributed by atoms with Gasteiger partial charge in [0.1, 0.15) is 0 Å². The first kappa shape index (κ1) is 9.57. The molecule has 4 nitrogen and oxygen atoms in total. The van der Waals surface area contributed by atoms with Crippen LogP contribution in [0, 0.1) is 3.57 Å². The summed E-state index contributed by atoms with van der Waals surface area (Å²) in [6.45, 7) is 0. The maximum atomic E-state index is 5.81. The zero-order valence-corrected chi connectivity index (χ0v) is 10.2. The van der Waals surface area contributed by atoms with Crippen LogP contribution in [0.4, 0.5) is 5.95 Å². The Morgan fingerprint density at radius 3 is 2.79 bits per heavy atom. The molecule has 14 heavy (non-hydrogen) atoms. The van der Waals surface area contributed by atoms with E-state index in [-0.39, 0.29) is 0 Å². The van der Waals surface area contributed by atoms with E-state index in [2.05, 4.69) is 27.6 Å². The van der Waals surface area contributed by atoms with Crippen molar-refractivity contribution in [3.8, 4) is 0 Å². The van der Waals surface area contributed by atoms with Crippen LogP contribution >= 0.6 is 22.6 Å². The molecule has 0 radical (unpaired) electrons. The Bertz CT molecular complexity index is 475. The van der Waals surface area contributed by atoms with Crippen molar-refractivity contribution in [1.29, 1.82) is 0 Å². The molecule has 0 spiro atoms. The number of benzene rings is 1. The molecule has 2 rings (SSSR count). The Kier molecular flexibility index (Phi) is 2.26. The number of imidazole rings is 1. The molecule has 0 amide bonds. The number of halogens is 1. The smallest absolute Gasteiger partial charge is 0.220 e. The van der Waals surface area contributed by atoms with Crippen molar-refractivity contribution in [3.05, 3.63) is 21.8 Å². The van der Waals surface area contributed by atoms with Crippen molar-refractivity contribution in [2.45, 2.75) is 0 Å². The molecule has 74 valence electrons. The van der Waals surface area contributed by atoms with Crippen molar-refractivity contribution in [1.82, 2.24) is 9.66 Å². The number of nitrogens with two attached hydrogens (primary N) is 1. The highest BCUT2D eigenvalue weighted by atomic mass is 127. The fraction of sp³-hybridized carbons (Fsp3) is 0.222. The second kappa shape index (κ2) is 3.30. The van der Waals surface area contributed by atoms with Crippen LogP contribution in [0.3, 0.4) is 0 Å². The summed E-state index contributed by atoms with van der Waals surface area (Å²) in [5, 5.41) is 1.91. The van der Waals surface area contributed by atoms with E-state index < -0.39 is 0 Å². The predicted molar refractivity (Wildman–Crippen MR) is 66.9 cm³/mol. The molecule has 0 fully saturated rings. The first-order chi connectivity index (χ1) is 6.59. The van der Waals surface area contributed by atoms with Crippen molar-refractivity contribution in [3.63, 3.8) is 0 Å². The van der Waals surface area contributed by atoms with Gasteiger partial charge in [0, 0.05) is 17.7 Å². The van der Waals surface area contributed by atoms with Crippen LogP contribution in [0.5, 0.6) is 0 Å². The van der Waals surface area contributed by atoms with Gasteiger partial charge in [0.2, 0.25) is 5.95 Å². The fourth-order valence-electron chi connectivity index (χ4n) is 1.48. The van der Waals surface area contributed by atoms with Crippen molar-refractivity contribution < 1.29 is 0 Å². The van der Waals surface area contributed by atoms with Gasteiger partial charge in [0.05, 0.1) is 11.0 Å². The quantitative estimate of drug-likeness (QED) is 0.811. The van der Waals surface area contributed by atoms with Crippen LogP contribution < -0.4 is 10.7 Å². The van der Waals surface area contributed by atoms with Gasteiger partial charge < -0.3 is 10.7 Å². The van der Waals surface area contributed by atoms with Crippen LogP contribution in [0.15, 0.2) is 18.2 Å². The van der Waals surface area contributed by atoms with Gasteiger partial charge in [-0.3, -0.25) is 0 Å². The Morgan fingerprint density at radius 1 is 1.43 bits per heavy atom. The first-order valence-corrected chi connectivity index (χ1v) is 5.28. The van der Waals surface area contributed by atoms with E-state index in [1.807, 2.05) is 42.0 Å². The molecule has 2 aromatic rings. The van der Waals surface area contributed by atoms with Crippen LogP contribution in [-0.2, 0) is 0 Å². The summed E-state index contributed by atoms with van der Waals surface area (Å²) < 4.78 is 3.05. The molecule has 1 heterocycles. The Labute approximate surface area is 95.8 Å². The minimum atomic E-state index is 0.520. The average Bonchev–Trinajstić information content (AvgIpc) is 2.39. The molecule has 0 unspecified atom stereocenters. The van der Waals surface area contributed by atoms with Crippen molar-refractivity contribution in [2.75, 3.05) is 24.8 Å². The van der Waals surface area contributed by atoms with Crippen LogP contribution in [-0.4, -0.2) is 23.8 Å². The normalized spacial score (nSPS) is 10.8. The number of hydrogen-bond donors (Lipinski definition) is 1. The SMILES string of the molecule is CN(C)n1c(N)nc2cc(I)ccc21. The lowest BCUT2D eigenvalue weighted by Crippen LogP contribution is -2.26. The first-order valence-electron chi connectivity index (χ1n) is 4.20. The van der Waals surface area contributed by atoms with Crippen LogP contribution in [0.1, 0.15) is 0 Å². The summed E-state index contributed by atoms with van der Waals surface area (Å²) >= 11 is 2.26. The Hall–Kier alpha value is -0.980. The minimum Gasteiger partial charge on any atom is -0.368 e. The van der Waals surface area contributed by atoms with Gasteiger partial charge >= 0.3 is 0 Å². The summed E-state index contributed by atoms with van der Waals surface area (Å²) in [6.07, 6.45) is 0. The highest BCUT2D eigenvalue weighted by molar-refractivity contribution is 14.1. The molecule has 5 heteroatoms. The Morgan fingerprint density at radius 2 is 2.14 bits per heavy atom. The highest BCUT2D eigenvalue weighted by Gasteiger charge is 2.08. The lowest BCUT2D eigenvalue weighted by Gasteiger charge is -2.15. The van der Waals surface area contributed by atoms with E-state index in [4.69, 9.17) is 5.73 Å². The molecule has 0 bridgehead atoms. The molecule has 0 aliphatic rings. The maximum absolute atomic E-state index is 5.81. The number of aromatic nitrogens is 2. The number of anilines is 1. The summed E-state index contributed by atoms with van der Waals surface area (Å²) in [5.41, 5.74) is 7.78. The molecular formula is C9H11IN4. The number of rotatable bonds is 1. The Balaban J connectivity index is 2.77. The van der Waals surface area contributed by atoms with Crippen molar-refractivity contribution >= 4 is 39.6 Å². The van der Waals surface area contributed by atoms with E-state index in [0.717, 1.165) is 11.0 Å². The topological polar surface area (TPSA) is 47.1 Å². The average molecular weight is 302 g/mol. The lowest BCUT2D eigenvalue weighted by atomic mass is 10.3. The maximum Gasteiger partial charge on any atom is 0.220 e. The fourth-order valence-corrected chi connectivity index (χ4v) is 1.95. The van der Waals surface area contributed by atoms with E-state index >= 15 is 0 Å². The zero-order valence-electron chi connectivity index (χ0n) is 8.03. The largest absolute Gasteiger partial charge is 0.368 e. The second-order valence-electron chi connectivity index (χ2n) is 3.26. The van der Waals surface area contributed by atoms with Crippen LogP contribution in [0.2, 0.25) is 0 Å². The molecule has 0 atom stereocenters. The summed E-state index contributed by atoms with van der Waals surface area (Å²) in [7, 11) is 3.88. The van der Waals surface area contributed by atoms with Gasteiger partial charge in [-0.15, -0.1) is 0 Å². The van der Waals surface area contributed by atoms with E-state index in [0.29, 0.717) is 5.95 Å². The summed E-state index contributed by atoms with van der Waals surface area (Å²) in [4.78, 5) is 4.29. The van der Waals surface area contributed by atoms with Crippen LogP contribution in [0.25, 0.3) is 11.0 Å². The second-order valence-corrected chi connectivity index (χ2v) is 4.51. The number of nitrogens with zero attached hydrogens (tertiary/aromatic N) is 3. The third-order valence-electron chi connectivity index (χ3n) is 2.02. The van der Waals surface area contributed by atoms with Gasteiger partial charge in [-0.25, -0.2) is 9.66 Å². The molecular weight excluding hydrogens is 291 g/mol. The molecule has 0 aliphatic heterocycles. The molecule has 1 aromatic carbocycles. The third-order valence-corrected chi connectivity index (χ3v) is 2.69. The van der Waals surface area contributed by atoms with E-state index in [1.165, 1.54) is 3.57 Å². The van der Waals surface area contributed by atoms with Crippen molar-refractivity contribution in [2.24, 2.45) is 0 Å². The van der Waals surface area contributed by atoms with Gasteiger partial charge in [-0.1, -0.05) is 0 Å². The van der Waals surface area contributed by atoms with E-state index in [1.54, 1.807) is 0 Å². The standard InChI is InChI=1S/C9H11IN4/c1-13(2)14-8-4-3-6(10)5-7(8)12-9(14)11/h3-5H,1-2H3,(H2,11,12). The summed E-state index contributed by atoms with van der Waals surface area (Å²) in [5.74, 6) is 0.520. The van der Waals surface area contributed by atoms with Gasteiger partial charge in [-0.2, -0.15) is 0 Å². The molecule has 0 saturated heterocycles. The van der Waals surface area contributed by atoms with Gasteiger partial charge in [0.15, 0.2) is 0 Å².